The van der Waals surface area contributed by atoms with Gasteiger partial charge in [0.2, 0.25) is 0 Å². The quantitative estimate of drug-likeness (QED) is 0.859. The van der Waals surface area contributed by atoms with Crippen LogP contribution in [0.15, 0.2) is 18.2 Å². The van der Waals surface area contributed by atoms with Crippen LogP contribution < -0.4 is 4.90 Å². The average molecular weight is 230 g/mol. The number of hydrogen-bond donors (Lipinski definition) is 1. The SMILES string of the molecule is Cc1cc(N2CC(CC(=O)O)C2)ccc1C#N. The maximum atomic E-state index is 10.5. The largest absolute Gasteiger partial charge is 0.481 e. The highest BCUT2D eigenvalue weighted by Gasteiger charge is 2.28. The van der Waals surface area contributed by atoms with Crippen LogP contribution in [0.3, 0.4) is 0 Å². The minimum atomic E-state index is -0.731. The smallest absolute Gasteiger partial charge is 0.303 e. The van der Waals surface area contributed by atoms with Gasteiger partial charge in [0, 0.05) is 24.7 Å². The summed E-state index contributed by atoms with van der Waals surface area (Å²) in [5.41, 5.74) is 2.73. The van der Waals surface area contributed by atoms with E-state index in [1.165, 1.54) is 0 Å². The van der Waals surface area contributed by atoms with Crippen molar-refractivity contribution in [1.29, 1.82) is 5.26 Å². The molecule has 1 heterocycles. The zero-order valence-corrected chi connectivity index (χ0v) is 9.68. The van der Waals surface area contributed by atoms with Gasteiger partial charge in [-0.3, -0.25) is 4.79 Å². The van der Waals surface area contributed by atoms with Crippen molar-refractivity contribution in [3.63, 3.8) is 0 Å². The summed E-state index contributed by atoms with van der Waals surface area (Å²) in [7, 11) is 0. The molecule has 1 aromatic carbocycles. The molecule has 4 heteroatoms. The van der Waals surface area contributed by atoms with Crippen molar-refractivity contribution < 1.29 is 9.90 Å². The number of aryl methyl sites for hydroxylation is 1. The van der Waals surface area contributed by atoms with E-state index in [1.54, 1.807) is 0 Å². The standard InChI is InChI=1S/C13H14N2O2/c1-9-4-12(3-2-11(9)6-14)15-7-10(8-15)5-13(16)17/h2-4,10H,5,7-8H2,1H3,(H,16,17). The van der Waals surface area contributed by atoms with Crippen LogP contribution in [0.4, 0.5) is 5.69 Å². The van der Waals surface area contributed by atoms with E-state index >= 15 is 0 Å². The van der Waals surface area contributed by atoms with Crippen molar-refractivity contribution in [2.24, 2.45) is 5.92 Å². The molecular weight excluding hydrogens is 216 g/mol. The van der Waals surface area contributed by atoms with Gasteiger partial charge < -0.3 is 10.0 Å². The highest BCUT2D eigenvalue weighted by atomic mass is 16.4. The molecule has 1 N–H and O–H groups in total. The minimum Gasteiger partial charge on any atom is -0.481 e. The van der Waals surface area contributed by atoms with Crippen LogP contribution in [-0.4, -0.2) is 24.2 Å². The molecule has 0 radical (unpaired) electrons. The Kier molecular flexibility index (Phi) is 3.01. The Bertz CT molecular complexity index is 485. The number of aliphatic carboxylic acids is 1. The van der Waals surface area contributed by atoms with Crippen LogP contribution >= 0.6 is 0 Å². The third kappa shape index (κ3) is 2.39. The van der Waals surface area contributed by atoms with Gasteiger partial charge in [0.05, 0.1) is 18.1 Å². The van der Waals surface area contributed by atoms with E-state index in [2.05, 4.69) is 11.0 Å². The molecule has 0 saturated carbocycles. The normalized spacial score (nSPS) is 15.2. The van der Waals surface area contributed by atoms with E-state index in [-0.39, 0.29) is 12.3 Å². The second-order valence-corrected chi connectivity index (χ2v) is 4.48. The molecule has 1 aliphatic rings. The lowest BCUT2D eigenvalue weighted by atomic mass is 9.95. The number of anilines is 1. The van der Waals surface area contributed by atoms with Gasteiger partial charge >= 0.3 is 5.97 Å². The summed E-state index contributed by atoms with van der Waals surface area (Å²) in [4.78, 5) is 12.7. The number of nitriles is 1. The Morgan fingerprint density at radius 1 is 1.59 bits per heavy atom. The highest BCUT2D eigenvalue weighted by molar-refractivity contribution is 5.68. The van der Waals surface area contributed by atoms with Crippen molar-refractivity contribution in [2.75, 3.05) is 18.0 Å². The molecule has 2 rings (SSSR count). The summed E-state index contributed by atoms with van der Waals surface area (Å²) < 4.78 is 0. The number of carboxylic acids is 1. The van der Waals surface area contributed by atoms with E-state index < -0.39 is 5.97 Å². The first-order chi connectivity index (χ1) is 8.10. The number of nitrogens with zero attached hydrogens (tertiary/aromatic N) is 2. The molecule has 1 aromatic rings. The van der Waals surface area contributed by atoms with Crippen molar-refractivity contribution in [3.05, 3.63) is 29.3 Å². The molecule has 4 nitrogen and oxygen atoms in total. The van der Waals surface area contributed by atoms with E-state index in [0.717, 1.165) is 24.3 Å². The zero-order valence-electron chi connectivity index (χ0n) is 9.68. The fourth-order valence-electron chi connectivity index (χ4n) is 2.13. The third-order valence-corrected chi connectivity index (χ3v) is 3.12. The molecule has 0 aromatic heterocycles. The molecule has 0 aliphatic carbocycles. The van der Waals surface area contributed by atoms with E-state index in [9.17, 15) is 4.79 Å². The van der Waals surface area contributed by atoms with Crippen LogP contribution in [0.25, 0.3) is 0 Å². The zero-order chi connectivity index (χ0) is 12.4. The van der Waals surface area contributed by atoms with Gasteiger partial charge in [-0.15, -0.1) is 0 Å². The number of benzene rings is 1. The monoisotopic (exact) mass is 230 g/mol. The predicted octanol–water partition coefficient (Wildman–Crippen LogP) is 1.78. The van der Waals surface area contributed by atoms with Crippen molar-refractivity contribution in [1.82, 2.24) is 0 Å². The summed E-state index contributed by atoms with van der Waals surface area (Å²) in [6.45, 7) is 3.49. The predicted molar refractivity (Wildman–Crippen MR) is 63.8 cm³/mol. The van der Waals surface area contributed by atoms with E-state index in [4.69, 9.17) is 10.4 Å². The Morgan fingerprint density at radius 3 is 2.82 bits per heavy atom. The summed E-state index contributed by atoms with van der Waals surface area (Å²) >= 11 is 0. The van der Waals surface area contributed by atoms with Crippen molar-refractivity contribution in [2.45, 2.75) is 13.3 Å². The van der Waals surface area contributed by atoms with Gasteiger partial charge in [0.25, 0.3) is 0 Å². The van der Waals surface area contributed by atoms with Crippen molar-refractivity contribution in [3.8, 4) is 6.07 Å². The number of hydrogen-bond acceptors (Lipinski definition) is 3. The maximum Gasteiger partial charge on any atom is 0.303 e. The maximum absolute atomic E-state index is 10.5. The van der Waals surface area contributed by atoms with Crippen LogP contribution in [0.5, 0.6) is 0 Å². The van der Waals surface area contributed by atoms with Gasteiger partial charge in [-0.2, -0.15) is 5.26 Å². The summed E-state index contributed by atoms with van der Waals surface area (Å²) in [6.07, 6.45) is 0.242. The van der Waals surface area contributed by atoms with Gasteiger partial charge in [-0.25, -0.2) is 0 Å². The Labute approximate surface area is 100 Å². The van der Waals surface area contributed by atoms with Crippen LogP contribution in [-0.2, 0) is 4.79 Å². The molecule has 17 heavy (non-hydrogen) atoms. The number of carboxylic acid groups (broad SMARTS) is 1. The first kappa shape index (κ1) is 11.5. The molecule has 0 unspecified atom stereocenters. The van der Waals surface area contributed by atoms with E-state index in [1.807, 2.05) is 25.1 Å². The lowest BCUT2D eigenvalue weighted by molar-refractivity contribution is -0.138. The molecule has 0 atom stereocenters. The molecule has 88 valence electrons. The Morgan fingerprint density at radius 2 is 2.29 bits per heavy atom. The second-order valence-electron chi connectivity index (χ2n) is 4.48. The Balaban J connectivity index is 2.00. The molecule has 0 bridgehead atoms. The van der Waals surface area contributed by atoms with Gasteiger partial charge in [0.15, 0.2) is 0 Å². The summed E-state index contributed by atoms with van der Waals surface area (Å²) in [6, 6.07) is 7.85. The molecule has 1 fully saturated rings. The molecule has 1 saturated heterocycles. The highest BCUT2D eigenvalue weighted by Crippen LogP contribution is 2.27. The topological polar surface area (TPSA) is 64.3 Å². The van der Waals surface area contributed by atoms with Crippen LogP contribution in [0.1, 0.15) is 17.5 Å². The number of carbonyl (C=O) groups is 1. The van der Waals surface area contributed by atoms with Gasteiger partial charge in [-0.1, -0.05) is 0 Å². The fraction of sp³-hybridized carbons (Fsp3) is 0.385. The molecule has 1 aliphatic heterocycles. The first-order valence-corrected chi connectivity index (χ1v) is 5.57. The second kappa shape index (κ2) is 4.46. The van der Waals surface area contributed by atoms with Gasteiger partial charge in [0.1, 0.15) is 0 Å². The number of rotatable bonds is 3. The third-order valence-electron chi connectivity index (χ3n) is 3.12. The molecular formula is C13H14N2O2. The lowest BCUT2D eigenvalue weighted by Gasteiger charge is -2.40. The van der Waals surface area contributed by atoms with Crippen molar-refractivity contribution >= 4 is 11.7 Å². The Hall–Kier alpha value is -2.02. The first-order valence-electron chi connectivity index (χ1n) is 5.57. The fourth-order valence-corrected chi connectivity index (χ4v) is 2.13. The van der Waals surface area contributed by atoms with Crippen LogP contribution in [0, 0.1) is 24.2 Å². The molecule has 0 amide bonds. The molecule has 0 spiro atoms. The van der Waals surface area contributed by atoms with E-state index in [0.29, 0.717) is 5.56 Å². The lowest BCUT2D eigenvalue weighted by Crippen LogP contribution is -2.47. The van der Waals surface area contributed by atoms with Crippen LogP contribution in [0.2, 0.25) is 0 Å². The van der Waals surface area contributed by atoms with Gasteiger partial charge in [-0.05, 0) is 30.7 Å². The summed E-state index contributed by atoms with van der Waals surface area (Å²) in [5, 5.41) is 17.5. The average Bonchev–Trinajstić information content (AvgIpc) is 2.22. The summed E-state index contributed by atoms with van der Waals surface area (Å²) in [5.74, 6) is -0.478. The minimum absolute atomic E-state index is 0.242.